The first-order chi connectivity index (χ1) is 8.16. The van der Waals surface area contributed by atoms with Crippen molar-refractivity contribution in [3.63, 3.8) is 0 Å². The Morgan fingerprint density at radius 3 is 3.06 bits per heavy atom. The van der Waals surface area contributed by atoms with Crippen molar-refractivity contribution in [1.82, 2.24) is 15.5 Å². The maximum Gasteiger partial charge on any atom is 0.241 e. The number of thiophene rings is 1. The summed E-state index contributed by atoms with van der Waals surface area (Å²) in [6, 6.07) is 1.70. The Balaban J connectivity index is 1.88. The number of piperazine rings is 1. The third-order valence-corrected chi connectivity index (χ3v) is 3.42. The number of hydrogen-bond donors (Lipinski definition) is 2. The Kier molecular flexibility index (Phi) is 3.75. The molecule has 1 aliphatic rings. The van der Waals surface area contributed by atoms with Gasteiger partial charge in [-0.05, 0) is 22.4 Å². The van der Waals surface area contributed by atoms with Gasteiger partial charge in [-0.3, -0.25) is 14.9 Å². The van der Waals surface area contributed by atoms with Crippen LogP contribution in [-0.2, 0) is 16.1 Å². The van der Waals surface area contributed by atoms with Gasteiger partial charge in [-0.1, -0.05) is 0 Å². The van der Waals surface area contributed by atoms with Gasteiger partial charge in [-0.2, -0.15) is 11.3 Å². The molecule has 2 N–H and O–H groups in total. The monoisotopic (exact) mass is 253 g/mol. The largest absolute Gasteiger partial charge is 0.353 e. The molecule has 0 aromatic carbocycles. The van der Waals surface area contributed by atoms with E-state index in [9.17, 15) is 9.59 Å². The minimum Gasteiger partial charge on any atom is -0.353 e. The van der Waals surface area contributed by atoms with E-state index < -0.39 is 0 Å². The lowest BCUT2D eigenvalue weighted by atomic mass is 10.2. The molecule has 0 bridgehead atoms. The fourth-order valence-electron chi connectivity index (χ4n) is 1.74. The Bertz CT molecular complexity index is 395. The number of likely N-dealkylation sites (N-methyl/N-ethyl adjacent to an activating group) is 1. The molecular weight excluding hydrogens is 238 g/mol. The molecule has 1 saturated heterocycles. The van der Waals surface area contributed by atoms with Crippen LogP contribution in [0, 0.1) is 0 Å². The van der Waals surface area contributed by atoms with Crippen LogP contribution in [0.4, 0.5) is 0 Å². The summed E-state index contributed by atoms with van der Waals surface area (Å²) < 4.78 is 0. The van der Waals surface area contributed by atoms with E-state index >= 15 is 0 Å². The van der Waals surface area contributed by atoms with Crippen molar-refractivity contribution < 1.29 is 9.59 Å². The minimum absolute atomic E-state index is 0.0104. The van der Waals surface area contributed by atoms with Gasteiger partial charge in [-0.25, -0.2) is 0 Å². The predicted molar refractivity (Wildman–Crippen MR) is 65.6 cm³/mol. The highest BCUT2D eigenvalue weighted by Crippen LogP contribution is 2.09. The standard InChI is InChI=1S/C11H15N3O2S/c1-14(6-8-2-3-17-7-8)11(16)9-4-13-10(15)5-12-9/h2-3,7,9,12H,4-6H2,1H3,(H,13,15). The maximum atomic E-state index is 12.0. The highest BCUT2D eigenvalue weighted by Gasteiger charge is 2.26. The van der Waals surface area contributed by atoms with Crippen LogP contribution in [0.3, 0.4) is 0 Å². The molecule has 1 atom stereocenters. The summed E-state index contributed by atoms with van der Waals surface area (Å²) in [5.41, 5.74) is 1.13. The molecule has 5 nitrogen and oxygen atoms in total. The molecule has 0 aliphatic carbocycles. The second-order valence-corrected chi connectivity index (χ2v) is 4.84. The van der Waals surface area contributed by atoms with Crippen molar-refractivity contribution in [2.75, 3.05) is 20.1 Å². The lowest BCUT2D eigenvalue weighted by molar-refractivity contribution is -0.134. The number of nitrogens with zero attached hydrogens (tertiary/aromatic N) is 1. The molecule has 2 rings (SSSR count). The molecule has 17 heavy (non-hydrogen) atoms. The van der Waals surface area contributed by atoms with Crippen LogP contribution in [0.5, 0.6) is 0 Å². The Labute approximate surface area is 104 Å². The van der Waals surface area contributed by atoms with Crippen LogP contribution in [-0.4, -0.2) is 42.9 Å². The summed E-state index contributed by atoms with van der Waals surface area (Å²) in [6.07, 6.45) is 0. The normalized spacial score (nSPS) is 19.8. The van der Waals surface area contributed by atoms with E-state index in [1.165, 1.54) is 0 Å². The van der Waals surface area contributed by atoms with Crippen LogP contribution in [0.25, 0.3) is 0 Å². The van der Waals surface area contributed by atoms with E-state index in [1.807, 2.05) is 16.8 Å². The third kappa shape index (κ3) is 3.04. The van der Waals surface area contributed by atoms with Gasteiger partial charge in [-0.15, -0.1) is 0 Å². The number of rotatable bonds is 3. The summed E-state index contributed by atoms with van der Waals surface area (Å²) >= 11 is 1.62. The molecule has 1 unspecified atom stereocenters. The fourth-order valence-corrected chi connectivity index (χ4v) is 2.40. The van der Waals surface area contributed by atoms with Crippen molar-refractivity contribution in [2.45, 2.75) is 12.6 Å². The zero-order chi connectivity index (χ0) is 12.3. The minimum atomic E-state index is -0.309. The van der Waals surface area contributed by atoms with Gasteiger partial charge in [0, 0.05) is 20.1 Å². The van der Waals surface area contributed by atoms with Gasteiger partial charge in [0.2, 0.25) is 11.8 Å². The average Bonchev–Trinajstić information content (AvgIpc) is 2.82. The molecule has 92 valence electrons. The van der Waals surface area contributed by atoms with E-state index in [1.54, 1.807) is 23.3 Å². The zero-order valence-corrected chi connectivity index (χ0v) is 10.4. The highest BCUT2D eigenvalue weighted by atomic mass is 32.1. The first-order valence-electron chi connectivity index (χ1n) is 5.43. The fraction of sp³-hybridized carbons (Fsp3) is 0.455. The number of nitrogens with one attached hydrogen (secondary N) is 2. The third-order valence-electron chi connectivity index (χ3n) is 2.69. The first kappa shape index (κ1) is 12.1. The van der Waals surface area contributed by atoms with Crippen molar-refractivity contribution in [2.24, 2.45) is 0 Å². The van der Waals surface area contributed by atoms with E-state index in [0.717, 1.165) is 5.56 Å². The van der Waals surface area contributed by atoms with Gasteiger partial charge in [0.25, 0.3) is 0 Å². The summed E-state index contributed by atoms with van der Waals surface area (Å²) in [4.78, 5) is 24.7. The van der Waals surface area contributed by atoms with Gasteiger partial charge >= 0.3 is 0 Å². The van der Waals surface area contributed by atoms with Crippen LogP contribution in [0.2, 0.25) is 0 Å². The van der Waals surface area contributed by atoms with Crippen molar-refractivity contribution in [1.29, 1.82) is 0 Å². The molecule has 2 amide bonds. The molecule has 1 aromatic heterocycles. The Morgan fingerprint density at radius 2 is 2.47 bits per heavy atom. The van der Waals surface area contributed by atoms with Crippen molar-refractivity contribution in [3.8, 4) is 0 Å². The highest BCUT2D eigenvalue weighted by molar-refractivity contribution is 7.07. The maximum absolute atomic E-state index is 12.0. The Hall–Kier alpha value is -1.40. The molecule has 1 fully saturated rings. The summed E-state index contributed by atoms with van der Waals surface area (Å²) in [5.74, 6) is -0.0502. The zero-order valence-electron chi connectivity index (χ0n) is 9.60. The van der Waals surface area contributed by atoms with Crippen LogP contribution < -0.4 is 10.6 Å². The molecule has 1 aromatic rings. The van der Waals surface area contributed by atoms with Crippen LogP contribution in [0.1, 0.15) is 5.56 Å². The Morgan fingerprint density at radius 1 is 1.65 bits per heavy atom. The summed E-state index contributed by atoms with van der Waals surface area (Å²) in [6.45, 7) is 1.18. The van der Waals surface area contributed by atoms with E-state index in [4.69, 9.17) is 0 Å². The quantitative estimate of drug-likeness (QED) is 0.784. The van der Waals surface area contributed by atoms with Crippen LogP contribution in [0.15, 0.2) is 16.8 Å². The molecule has 6 heteroatoms. The second-order valence-electron chi connectivity index (χ2n) is 4.06. The SMILES string of the molecule is CN(Cc1ccsc1)C(=O)C1CNC(=O)CN1. The van der Waals surface area contributed by atoms with E-state index in [-0.39, 0.29) is 24.4 Å². The molecule has 0 saturated carbocycles. The number of amides is 2. The summed E-state index contributed by atoms with van der Waals surface area (Å²) in [5, 5.41) is 9.63. The average molecular weight is 253 g/mol. The van der Waals surface area contributed by atoms with Crippen molar-refractivity contribution >= 4 is 23.2 Å². The lowest BCUT2D eigenvalue weighted by Gasteiger charge is -2.27. The molecule has 0 spiro atoms. The predicted octanol–water partition coefficient (Wildman–Crippen LogP) is -0.205. The first-order valence-corrected chi connectivity index (χ1v) is 6.37. The van der Waals surface area contributed by atoms with E-state index in [0.29, 0.717) is 13.1 Å². The number of carbonyl (C=O) groups is 2. The van der Waals surface area contributed by atoms with Gasteiger partial charge < -0.3 is 10.2 Å². The molecule has 2 heterocycles. The topological polar surface area (TPSA) is 61.4 Å². The molecular formula is C11H15N3O2S. The number of carbonyl (C=O) groups excluding carboxylic acids is 2. The van der Waals surface area contributed by atoms with Crippen LogP contribution >= 0.6 is 11.3 Å². The van der Waals surface area contributed by atoms with Crippen molar-refractivity contribution in [3.05, 3.63) is 22.4 Å². The van der Waals surface area contributed by atoms with Gasteiger partial charge in [0.05, 0.1) is 6.54 Å². The molecule has 1 aliphatic heterocycles. The number of hydrogen-bond acceptors (Lipinski definition) is 4. The lowest BCUT2D eigenvalue weighted by Crippen LogP contribution is -2.58. The second kappa shape index (κ2) is 5.29. The van der Waals surface area contributed by atoms with E-state index in [2.05, 4.69) is 10.6 Å². The van der Waals surface area contributed by atoms with Gasteiger partial charge in [0.1, 0.15) is 6.04 Å². The summed E-state index contributed by atoms with van der Waals surface area (Å²) in [7, 11) is 1.78. The smallest absolute Gasteiger partial charge is 0.241 e. The van der Waals surface area contributed by atoms with Gasteiger partial charge in [0.15, 0.2) is 0 Å². The molecule has 0 radical (unpaired) electrons.